The molecule has 0 atom stereocenters. The molecular weight excluding hydrogens is 747 g/mol. The molecule has 0 saturated carbocycles. The van der Waals surface area contributed by atoms with Gasteiger partial charge in [0.15, 0.2) is 0 Å². The van der Waals surface area contributed by atoms with Crippen molar-refractivity contribution in [2.24, 2.45) is 0 Å². The van der Waals surface area contributed by atoms with Gasteiger partial charge in [0, 0.05) is 56.1 Å². The number of carbonyl (C=O) groups excluding carboxylic acids is 4. The van der Waals surface area contributed by atoms with Gasteiger partial charge in [0.05, 0.1) is 6.61 Å². The quantitative estimate of drug-likeness (QED) is 0.113. The fourth-order valence-corrected chi connectivity index (χ4v) is 6.15. The molecule has 16 heteroatoms. The number of carbonyl (C=O) groups is 4. The number of hydrazine groups is 2. The first-order valence-corrected chi connectivity index (χ1v) is 18.2. The second-order valence-electron chi connectivity index (χ2n) is 13.1. The molecule has 0 unspecified atom stereocenters. The van der Waals surface area contributed by atoms with Crippen molar-refractivity contribution in [2.75, 3.05) is 40.1 Å². The van der Waals surface area contributed by atoms with Gasteiger partial charge in [-0.25, -0.2) is 29.2 Å². The van der Waals surface area contributed by atoms with Crippen LogP contribution in [0.2, 0.25) is 0 Å². The molecule has 5 aromatic carbocycles. The standard InChI is InChI=1S/C23H22N4O4.C19H21N3O5/c1-26(2)25-22(28)27(31-23(29)24-16-10-4-3-5-11-16)21-17-12-6-8-14-19(17)30-20-15-9-7-13-18(20)21;1-4-25-19(24)27-22(18(23)20-21(2)3)17-13-9-5-7-11-15(13)26-16-12-8-6-10-14(16)17/h3-15,21H,1-2H3,(H,24,29)(H,25,28);5-12,17H,4H2,1-3H3,(H,20,23). The minimum Gasteiger partial charge on any atom is -0.457 e. The zero-order valence-corrected chi connectivity index (χ0v) is 32.4. The van der Waals surface area contributed by atoms with E-state index in [1.165, 1.54) is 10.0 Å². The van der Waals surface area contributed by atoms with E-state index in [0.29, 0.717) is 50.9 Å². The largest absolute Gasteiger partial charge is 0.533 e. The molecule has 16 nitrogen and oxygen atoms in total. The number of hydrogen-bond donors (Lipinski definition) is 3. The zero-order chi connectivity index (χ0) is 41.2. The Morgan fingerprint density at radius 1 is 0.534 bits per heavy atom. The molecule has 3 N–H and O–H groups in total. The van der Waals surface area contributed by atoms with Gasteiger partial charge in [-0.1, -0.05) is 91.0 Å². The van der Waals surface area contributed by atoms with Crippen LogP contribution in [0.25, 0.3) is 0 Å². The summed E-state index contributed by atoms with van der Waals surface area (Å²) in [4.78, 5) is 61.4. The van der Waals surface area contributed by atoms with E-state index in [9.17, 15) is 19.2 Å². The fraction of sp³-hybridized carbons (Fsp3) is 0.190. The van der Waals surface area contributed by atoms with E-state index in [1.807, 2.05) is 91.0 Å². The van der Waals surface area contributed by atoms with E-state index >= 15 is 0 Å². The predicted molar refractivity (Wildman–Crippen MR) is 212 cm³/mol. The first kappa shape index (κ1) is 40.4. The predicted octanol–water partition coefficient (Wildman–Crippen LogP) is 7.99. The third-order valence-electron chi connectivity index (χ3n) is 8.44. The highest BCUT2D eigenvalue weighted by Gasteiger charge is 2.39. The number of hydrogen-bond acceptors (Lipinski definition) is 11. The van der Waals surface area contributed by atoms with Gasteiger partial charge < -0.3 is 23.9 Å². The first-order chi connectivity index (χ1) is 28.0. The first-order valence-electron chi connectivity index (χ1n) is 18.2. The van der Waals surface area contributed by atoms with E-state index in [1.54, 1.807) is 71.5 Å². The molecule has 0 aliphatic carbocycles. The molecule has 300 valence electrons. The number of ether oxygens (including phenoxy) is 3. The van der Waals surface area contributed by atoms with E-state index < -0.39 is 36.4 Å². The van der Waals surface area contributed by atoms with E-state index in [4.69, 9.17) is 23.9 Å². The number of fused-ring (bicyclic) bond motifs is 4. The van der Waals surface area contributed by atoms with Crippen LogP contribution in [-0.2, 0) is 14.4 Å². The summed E-state index contributed by atoms with van der Waals surface area (Å²) in [5.74, 6) is 2.33. The molecule has 7 rings (SSSR count). The van der Waals surface area contributed by atoms with Crippen molar-refractivity contribution in [3.8, 4) is 23.0 Å². The number of urea groups is 2. The Kier molecular flexibility index (Phi) is 12.9. The Morgan fingerprint density at radius 3 is 1.28 bits per heavy atom. The number of rotatable bonds is 6. The molecule has 0 radical (unpaired) electrons. The Balaban J connectivity index is 0.000000198. The summed E-state index contributed by atoms with van der Waals surface area (Å²) in [6.07, 6.45) is -1.76. The molecule has 0 fully saturated rings. The lowest BCUT2D eigenvalue weighted by Gasteiger charge is -2.35. The van der Waals surface area contributed by atoms with Crippen molar-refractivity contribution >= 4 is 30.0 Å². The second-order valence-corrected chi connectivity index (χ2v) is 13.1. The zero-order valence-electron chi connectivity index (χ0n) is 32.4. The van der Waals surface area contributed by atoms with Crippen LogP contribution in [0.4, 0.5) is 24.9 Å². The van der Waals surface area contributed by atoms with E-state index in [0.717, 1.165) is 10.1 Å². The van der Waals surface area contributed by atoms with Gasteiger partial charge in [-0.15, -0.1) is 10.1 Å². The van der Waals surface area contributed by atoms with Gasteiger partial charge in [-0.2, -0.15) is 0 Å². The normalized spacial score (nSPS) is 12.3. The summed E-state index contributed by atoms with van der Waals surface area (Å²) in [7, 11) is 6.66. The van der Waals surface area contributed by atoms with Crippen molar-refractivity contribution in [1.82, 2.24) is 31.0 Å². The van der Waals surface area contributed by atoms with Crippen molar-refractivity contribution in [3.63, 3.8) is 0 Å². The van der Waals surface area contributed by atoms with Gasteiger partial charge in [0.25, 0.3) is 0 Å². The molecule has 0 spiro atoms. The summed E-state index contributed by atoms with van der Waals surface area (Å²) in [6.45, 7) is 1.79. The molecule has 0 bridgehead atoms. The summed E-state index contributed by atoms with van der Waals surface area (Å²) < 4.78 is 16.8. The molecule has 58 heavy (non-hydrogen) atoms. The molecular formula is C42H43N7O9. The average molecular weight is 790 g/mol. The minimum absolute atomic E-state index is 0.128. The highest BCUT2D eigenvalue weighted by atomic mass is 16.8. The van der Waals surface area contributed by atoms with Gasteiger partial charge in [-0.05, 0) is 43.3 Å². The monoisotopic (exact) mass is 789 g/mol. The Morgan fingerprint density at radius 2 is 0.897 bits per heavy atom. The summed E-state index contributed by atoms with van der Waals surface area (Å²) in [5, 5.41) is 7.57. The number of anilines is 1. The molecule has 2 heterocycles. The maximum Gasteiger partial charge on any atom is 0.533 e. The lowest BCUT2D eigenvalue weighted by atomic mass is 9.94. The molecule has 2 aliphatic rings. The number of amides is 5. The minimum atomic E-state index is -0.965. The Bertz CT molecular complexity index is 2150. The van der Waals surface area contributed by atoms with Crippen LogP contribution in [0, 0.1) is 0 Å². The number of benzene rings is 5. The number of nitrogens with zero attached hydrogens (tertiary/aromatic N) is 4. The van der Waals surface area contributed by atoms with Gasteiger partial charge in [0.2, 0.25) is 0 Å². The van der Waals surface area contributed by atoms with Gasteiger partial charge in [-0.3, -0.25) is 16.2 Å². The fourth-order valence-electron chi connectivity index (χ4n) is 6.15. The summed E-state index contributed by atoms with van der Waals surface area (Å²) >= 11 is 0. The average Bonchev–Trinajstić information content (AvgIpc) is 3.20. The number of hydroxylamine groups is 4. The Hall–Kier alpha value is -7.30. The third-order valence-corrected chi connectivity index (χ3v) is 8.44. The lowest BCUT2D eigenvalue weighted by Crippen LogP contribution is -2.49. The van der Waals surface area contributed by atoms with Crippen LogP contribution in [0.1, 0.15) is 41.3 Å². The lowest BCUT2D eigenvalue weighted by molar-refractivity contribution is -0.113. The topological polar surface area (TPSA) is 163 Å². The molecule has 5 aromatic rings. The van der Waals surface area contributed by atoms with Crippen molar-refractivity contribution in [2.45, 2.75) is 19.0 Å². The van der Waals surface area contributed by atoms with Gasteiger partial charge in [0.1, 0.15) is 35.1 Å². The summed E-state index contributed by atoms with van der Waals surface area (Å²) in [6, 6.07) is 35.5. The highest BCUT2D eigenvalue weighted by molar-refractivity contribution is 5.86. The van der Waals surface area contributed by atoms with Gasteiger partial charge >= 0.3 is 24.3 Å². The SMILES string of the molecule is CCOC(=O)ON(C(=O)NN(C)C)C1c2ccccc2Oc2ccccc21.CN(C)NC(=O)N(OC(=O)Nc1ccccc1)C1c2ccccc2Oc2ccccc21. The van der Waals surface area contributed by atoms with Crippen LogP contribution in [0.5, 0.6) is 23.0 Å². The molecule has 0 aromatic heterocycles. The summed E-state index contributed by atoms with van der Waals surface area (Å²) in [5.41, 5.74) is 8.56. The van der Waals surface area contributed by atoms with Crippen LogP contribution in [-0.4, -0.2) is 79.3 Å². The van der Waals surface area contributed by atoms with Crippen molar-refractivity contribution < 1.29 is 43.1 Å². The third kappa shape index (κ3) is 9.55. The molecule has 0 saturated heterocycles. The van der Waals surface area contributed by atoms with Crippen LogP contribution < -0.4 is 25.6 Å². The second kappa shape index (κ2) is 18.6. The van der Waals surface area contributed by atoms with E-state index in [2.05, 4.69) is 16.2 Å². The maximum atomic E-state index is 13.1. The van der Waals surface area contributed by atoms with Crippen LogP contribution >= 0.6 is 0 Å². The van der Waals surface area contributed by atoms with Crippen LogP contribution in [0.3, 0.4) is 0 Å². The maximum absolute atomic E-state index is 13.1. The smallest absolute Gasteiger partial charge is 0.457 e. The molecule has 5 amide bonds. The van der Waals surface area contributed by atoms with Crippen LogP contribution in [0.15, 0.2) is 127 Å². The van der Waals surface area contributed by atoms with Crippen molar-refractivity contribution in [3.05, 3.63) is 150 Å². The number of nitrogens with one attached hydrogen (secondary N) is 3. The highest BCUT2D eigenvalue weighted by Crippen LogP contribution is 2.47. The Labute approximate surface area is 335 Å². The van der Waals surface area contributed by atoms with E-state index in [-0.39, 0.29) is 6.61 Å². The van der Waals surface area contributed by atoms with Crippen molar-refractivity contribution in [1.29, 1.82) is 0 Å². The number of para-hydroxylation sites is 5. The molecule has 2 aliphatic heterocycles.